The smallest absolute Gasteiger partial charge is 0.0580 e. The lowest BCUT2D eigenvalue weighted by atomic mass is 10.1. The molecule has 1 fully saturated rings. The molecule has 14 heavy (non-hydrogen) atoms. The van der Waals surface area contributed by atoms with Gasteiger partial charge in [-0.15, -0.1) is 0 Å². The van der Waals surface area contributed by atoms with Gasteiger partial charge in [-0.25, -0.2) is 0 Å². The molecule has 84 valence electrons. The van der Waals surface area contributed by atoms with Crippen molar-refractivity contribution < 1.29 is 9.84 Å². The first-order valence-electron chi connectivity index (χ1n) is 5.59. The third-order valence-electron chi connectivity index (χ3n) is 3.05. The van der Waals surface area contributed by atoms with Crippen molar-refractivity contribution in [2.75, 3.05) is 33.9 Å². The fourth-order valence-electron chi connectivity index (χ4n) is 2.20. The van der Waals surface area contributed by atoms with E-state index in [9.17, 15) is 5.11 Å². The van der Waals surface area contributed by atoms with Crippen LogP contribution in [0.3, 0.4) is 0 Å². The SMILES string of the molecule is COCCCN(C)CC1CCCC1O. The molecule has 0 aromatic rings. The second kappa shape index (κ2) is 6.38. The molecule has 0 saturated heterocycles. The zero-order valence-electron chi connectivity index (χ0n) is 9.41. The van der Waals surface area contributed by atoms with Crippen LogP contribution in [0, 0.1) is 5.92 Å². The van der Waals surface area contributed by atoms with E-state index in [1.54, 1.807) is 7.11 Å². The minimum absolute atomic E-state index is 0.0557. The van der Waals surface area contributed by atoms with Gasteiger partial charge in [0.15, 0.2) is 0 Å². The molecule has 1 saturated carbocycles. The van der Waals surface area contributed by atoms with Crippen LogP contribution >= 0.6 is 0 Å². The molecule has 1 aliphatic rings. The predicted octanol–water partition coefficient (Wildman–Crippen LogP) is 1.12. The van der Waals surface area contributed by atoms with Crippen LogP contribution in [-0.4, -0.2) is 50.0 Å². The second-order valence-corrected chi connectivity index (χ2v) is 4.37. The molecular formula is C11H23NO2. The molecule has 0 bridgehead atoms. The Morgan fingerprint density at radius 2 is 2.21 bits per heavy atom. The first kappa shape index (κ1) is 12.0. The summed E-state index contributed by atoms with van der Waals surface area (Å²) < 4.78 is 5.01. The number of aliphatic hydroxyl groups excluding tert-OH is 1. The monoisotopic (exact) mass is 201 g/mol. The molecule has 0 spiro atoms. The molecular weight excluding hydrogens is 178 g/mol. The maximum Gasteiger partial charge on any atom is 0.0580 e. The van der Waals surface area contributed by atoms with E-state index in [0.717, 1.165) is 32.5 Å². The number of hydrogen-bond donors (Lipinski definition) is 1. The number of hydrogen-bond acceptors (Lipinski definition) is 3. The van der Waals surface area contributed by atoms with Gasteiger partial charge in [-0.3, -0.25) is 0 Å². The Morgan fingerprint density at radius 1 is 1.43 bits per heavy atom. The van der Waals surface area contributed by atoms with Crippen molar-refractivity contribution in [2.45, 2.75) is 31.8 Å². The van der Waals surface area contributed by atoms with Gasteiger partial charge in [0.05, 0.1) is 6.10 Å². The Morgan fingerprint density at radius 3 is 2.79 bits per heavy atom. The van der Waals surface area contributed by atoms with E-state index in [-0.39, 0.29) is 6.10 Å². The lowest BCUT2D eigenvalue weighted by molar-refractivity contribution is 0.105. The van der Waals surface area contributed by atoms with Crippen molar-refractivity contribution in [1.82, 2.24) is 4.90 Å². The maximum absolute atomic E-state index is 9.66. The molecule has 2 unspecified atom stereocenters. The molecule has 3 nitrogen and oxygen atoms in total. The summed E-state index contributed by atoms with van der Waals surface area (Å²) >= 11 is 0. The Labute approximate surface area is 87.1 Å². The lowest BCUT2D eigenvalue weighted by Crippen LogP contribution is -2.30. The van der Waals surface area contributed by atoms with E-state index in [4.69, 9.17) is 4.74 Å². The summed E-state index contributed by atoms with van der Waals surface area (Å²) in [6, 6.07) is 0. The molecule has 1 rings (SSSR count). The first-order chi connectivity index (χ1) is 6.74. The topological polar surface area (TPSA) is 32.7 Å². The molecule has 3 heteroatoms. The minimum atomic E-state index is -0.0557. The highest BCUT2D eigenvalue weighted by Crippen LogP contribution is 2.25. The summed E-state index contributed by atoms with van der Waals surface area (Å²) in [4.78, 5) is 2.30. The summed E-state index contributed by atoms with van der Waals surface area (Å²) in [5.41, 5.74) is 0. The van der Waals surface area contributed by atoms with E-state index in [1.165, 1.54) is 12.8 Å². The van der Waals surface area contributed by atoms with Crippen LogP contribution in [-0.2, 0) is 4.74 Å². The van der Waals surface area contributed by atoms with Crippen molar-refractivity contribution in [2.24, 2.45) is 5.92 Å². The van der Waals surface area contributed by atoms with Crippen LogP contribution < -0.4 is 0 Å². The van der Waals surface area contributed by atoms with Crippen LogP contribution in [0.4, 0.5) is 0 Å². The molecule has 2 atom stereocenters. The van der Waals surface area contributed by atoms with Crippen molar-refractivity contribution in [3.05, 3.63) is 0 Å². The van der Waals surface area contributed by atoms with Crippen LogP contribution in [0.2, 0.25) is 0 Å². The molecule has 0 heterocycles. The number of ether oxygens (including phenoxy) is 1. The van der Waals surface area contributed by atoms with Crippen LogP contribution in [0.1, 0.15) is 25.7 Å². The Kier molecular flexibility index (Phi) is 5.45. The number of aliphatic hydroxyl groups is 1. The van der Waals surface area contributed by atoms with Gasteiger partial charge in [-0.1, -0.05) is 6.42 Å². The second-order valence-electron chi connectivity index (χ2n) is 4.37. The number of nitrogens with zero attached hydrogens (tertiary/aromatic N) is 1. The van der Waals surface area contributed by atoms with Crippen LogP contribution in [0.15, 0.2) is 0 Å². The van der Waals surface area contributed by atoms with Gasteiger partial charge in [0, 0.05) is 26.8 Å². The van der Waals surface area contributed by atoms with E-state index < -0.39 is 0 Å². The third kappa shape index (κ3) is 3.95. The van der Waals surface area contributed by atoms with E-state index in [0.29, 0.717) is 5.92 Å². The van der Waals surface area contributed by atoms with Gasteiger partial charge < -0.3 is 14.7 Å². The Bertz CT molecular complexity index is 152. The minimum Gasteiger partial charge on any atom is -0.393 e. The number of methoxy groups -OCH3 is 1. The Balaban J connectivity index is 2.09. The predicted molar refractivity (Wildman–Crippen MR) is 57.3 cm³/mol. The third-order valence-corrected chi connectivity index (χ3v) is 3.05. The van der Waals surface area contributed by atoms with E-state index in [1.807, 2.05) is 0 Å². The molecule has 0 aromatic heterocycles. The summed E-state index contributed by atoms with van der Waals surface area (Å²) in [6.45, 7) is 2.93. The van der Waals surface area contributed by atoms with Crippen molar-refractivity contribution in [1.29, 1.82) is 0 Å². The lowest BCUT2D eigenvalue weighted by Gasteiger charge is -2.22. The van der Waals surface area contributed by atoms with Gasteiger partial charge >= 0.3 is 0 Å². The molecule has 1 aliphatic carbocycles. The van der Waals surface area contributed by atoms with E-state index >= 15 is 0 Å². The zero-order valence-corrected chi connectivity index (χ0v) is 9.41. The maximum atomic E-state index is 9.66. The van der Waals surface area contributed by atoms with Gasteiger partial charge in [0.25, 0.3) is 0 Å². The largest absolute Gasteiger partial charge is 0.393 e. The summed E-state index contributed by atoms with van der Waals surface area (Å²) in [6.07, 6.45) is 4.40. The number of rotatable bonds is 6. The molecule has 0 amide bonds. The van der Waals surface area contributed by atoms with Crippen molar-refractivity contribution >= 4 is 0 Å². The Hall–Kier alpha value is -0.120. The highest BCUT2D eigenvalue weighted by molar-refractivity contribution is 4.78. The average Bonchev–Trinajstić information content (AvgIpc) is 2.52. The highest BCUT2D eigenvalue weighted by Gasteiger charge is 2.25. The molecule has 1 N–H and O–H groups in total. The normalized spacial score (nSPS) is 27.4. The summed E-state index contributed by atoms with van der Waals surface area (Å²) in [5.74, 6) is 0.502. The fraction of sp³-hybridized carbons (Fsp3) is 1.00. The zero-order chi connectivity index (χ0) is 10.4. The van der Waals surface area contributed by atoms with Gasteiger partial charge in [-0.2, -0.15) is 0 Å². The molecule has 0 aromatic carbocycles. The average molecular weight is 201 g/mol. The molecule has 0 radical (unpaired) electrons. The van der Waals surface area contributed by atoms with Crippen molar-refractivity contribution in [3.8, 4) is 0 Å². The highest BCUT2D eigenvalue weighted by atomic mass is 16.5. The summed E-state index contributed by atoms with van der Waals surface area (Å²) in [5, 5.41) is 9.66. The fourth-order valence-corrected chi connectivity index (χ4v) is 2.20. The standard InChI is InChI=1S/C11H23NO2/c1-12(7-4-8-14-2)9-10-5-3-6-11(10)13/h10-11,13H,3-9H2,1-2H3. The van der Waals surface area contributed by atoms with Gasteiger partial charge in [0.1, 0.15) is 0 Å². The molecule has 0 aliphatic heterocycles. The van der Waals surface area contributed by atoms with E-state index in [2.05, 4.69) is 11.9 Å². The van der Waals surface area contributed by atoms with Gasteiger partial charge in [0.2, 0.25) is 0 Å². The van der Waals surface area contributed by atoms with Crippen molar-refractivity contribution in [3.63, 3.8) is 0 Å². The van der Waals surface area contributed by atoms with Gasteiger partial charge in [-0.05, 0) is 32.2 Å². The first-order valence-corrected chi connectivity index (χ1v) is 5.59. The van der Waals surface area contributed by atoms with Crippen LogP contribution in [0.5, 0.6) is 0 Å². The summed E-state index contributed by atoms with van der Waals surface area (Å²) in [7, 11) is 3.86. The quantitative estimate of drug-likeness (QED) is 0.654. The van der Waals surface area contributed by atoms with Crippen LogP contribution in [0.25, 0.3) is 0 Å².